The minimum Gasteiger partial charge on any atom is -0.275 e. The average Bonchev–Trinajstić information content (AvgIpc) is 2.93. The third-order valence-corrected chi connectivity index (χ3v) is 3.69. The van der Waals surface area contributed by atoms with Gasteiger partial charge >= 0.3 is 0 Å². The first-order valence-corrected chi connectivity index (χ1v) is 6.82. The number of aryl methyl sites for hydroxylation is 2. The Balaban J connectivity index is 2.27. The van der Waals surface area contributed by atoms with Gasteiger partial charge < -0.3 is 0 Å². The van der Waals surface area contributed by atoms with Crippen molar-refractivity contribution in [1.29, 1.82) is 0 Å². The SMILES string of the molecule is Cn1cc(-c2nn(C)c3ccc(C(C)(C)C)cc23)cn1. The number of aromatic nitrogens is 4. The van der Waals surface area contributed by atoms with Crippen LogP contribution in [0.15, 0.2) is 30.6 Å². The Bertz CT molecular complexity index is 771. The molecule has 0 fully saturated rings. The quantitative estimate of drug-likeness (QED) is 0.679. The van der Waals surface area contributed by atoms with Crippen LogP contribution in [0.1, 0.15) is 26.3 Å². The lowest BCUT2D eigenvalue weighted by Crippen LogP contribution is -2.10. The maximum Gasteiger partial charge on any atom is 0.103 e. The van der Waals surface area contributed by atoms with E-state index in [0.29, 0.717) is 0 Å². The molecule has 2 aromatic heterocycles. The van der Waals surface area contributed by atoms with Crippen molar-refractivity contribution >= 4 is 10.9 Å². The molecule has 0 atom stereocenters. The van der Waals surface area contributed by atoms with Crippen molar-refractivity contribution in [1.82, 2.24) is 19.6 Å². The molecule has 104 valence electrons. The van der Waals surface area contributed by atoms with Crippen LogP contribution in [0, 0.1) is 0 Å². The van der Waals surface area contributed by atoms with Crippen molar-refractivity contribution in [3.63, 3.8) is 0 Å². The van der Waals surface area contributed by atoms with E-state index in [4.69, 9.17) is 0 Å². The molecule has 2 heterocycles. The van der Waals surface area contributed by atoms with Crippen LogP contribution in [0.3, 0.4) is 0 Å². The molecule has 4 heteroatoms. The smallest absolute Gasteiger partial charge is 0.103 e. The minimum absolute atomic E-state index is 0.135. The highest BCUT2D eigenvalue weighted by Gasteiger charge is 2.18. The van der Waals surface area contributed by atoms with Gasteiger partial charge in [0.05, 0.1) is 11.7 Å². The fraction of sp³-hybridized carbons (Fsp3) is 0.375. The third kappa shape index (κ3) is 2.01. The van der Waals surface area contributed by atoms with E-state index in [1.165, 1.54) is 10.9 Å². The molecule has 0 N–H and O–H groups in total. The molecule has 1 aromatic carbocycles. The molecular weight excluding hydrogens is 248 g/mol. The molecule has 0 spiro atoms. The number of rotatable bonds is 1. The lowest BCUT2D eigenvalue weighted by Gasteiger charge is -2.19. The van der Waals surface area contributed by atoms with E-state index in [-0.39, 0.29) is 5.41 Å². The molecule has 4 nitrogen and oxygen atoms in total. The van der Waals surface area contributed by atoms with Gasteiger partial charge in [0.1, 0.15) is 5.69 Å². The third-order valence-electron chi connectivity index (χ3n) is 3.69. The molecule has 0 amide bonds. The first-order valence-electron chi connectivity index (χ1n) is 6.82. The van der Waals surface area contributed by atoms with Gasteiger partial charge in [0, 0.05) is 31.2 Å². The second-order valence-electron chi connectivity index (χ2n) is 6.36. The van der Waals surface area contributed by atoms with E-state index in [9.17, 15) is 0 Å². The zero-order valence-electron chi connectivity index (χ0n) is 12.7. The summed E-state index contributed by atoms with van der Waals surface area (Å²) in [5.74, 6) is 0. The van der Waals surface area contributed by atoms with Gasteiger partial charge in [-0.2, -0.15) is 10.2 Å². The summed E-state index contributed by atoms with van der Waals surface area (Å²) in [6.07, 6.45) is 3.87. The van der Waals surface area contributed by atoms with Gasteiger partial charge in [0.25, 0.3) is 0 Å². The number of nitrogens with zero attached hydrogens (tertiary/aromatic N) is 4. The van der Waals surface area contributed by atoms with Gasteiger partial charge in [-0.15, -0.1) is 0 Å². The van der Waals surface area contributed by atoms with Crippen LogP contribution < -0.4 is 0 Å². The fourth-order valence-corrected chi connectivity index (χ4v) is 2.49. The summed E-state index contributed by atoms with van der Waals surface area (Å²) in [7, 11) is 3.91. The van der Waals surface area contributed by atoms with E-state index in [2.05, 4.69) is 49.2 Å². The van der Waals surface area contributed by atoms with E-state index >= 15 is 0 Å². The molecule has 0 aliphatic carbocycles. The summed E-state index contributed by atoms with van der Waals surface area (Å²) in [5, 5.41) is 10.1. The molecule has 20 heavy (non-hydrogen) atoms. The number of hydrogen-bond acceptors (Lipinski definition) is 2. The van der Waals surface area contributed by atoms with Crippen molar-refractivity contribution in [2.24, 2.45) is 14.1 Å². The Labute approximate surface area is 119 Å². The van der Waals surface area contributed by atoms with Gasteiger partial charge in [-0.25, -0.2) is 0 Å². The van der Waals surface area contributed by atoms with Crippen LogP contribution in [0.4, 0.5) is 0 Å². The summed E-state index contributed by atoms with van der Waals surface area (Å²) >= 11 is 0. The highest BCUT2D eigenvalue weighted by Crippen LogP contribution is 2.31. The summed E-state index contributed by atoms with van der Waals surface area (Å²) in [4.78, 5) is 0. The predicted molar refractivity (Wildman–Crippen MR) is 81.6 cm³/mol. The molecule has 3 aromatic rings. The molecule has 0 saturated heterocycles. The van der Waals surface area contributed by atoms with E-state index < -0.39 is 0 Å². The van der Waals surface area contributed by atoms with Crippen LogP contribution >= 0.6 is 0 Å². The highest BCUT2D eigenvalue weighted by atomic mass is 15.3. The molecule has 0 radical (unpaired) electrons. The van der Waals surface area contributed by atoms with Crippen molar-refractivity contribution in [3.05, 3.63) is 36.2 Å². The maximum absolute atomic E-state index is 4.66. The lowest BCUT2D eigenvalue weighted by atomic mass is 9.86. The molecule has 0 aliphatic rings. The summed E-state index contributed by atoms with van der Waals surface area (Å²) in [5.41, 5.74) is 4.67. The first-order chi connectivity index (χ1) is 9.36. The zero-order valence-corrected chi connectivity index (χ0v) is 12.7. The fourth-order valence-electron chi connectivity index (χ4n) is 2.49. The molecule has 3 rings (SSSR count). The Morgan fingerprint density at radius 1 is 1.10 bits per heavy atom. The summed E-state index contributed by atoms with van der Waals surface area (Å²) in [6, 6.07) is 6.60. The van der Waals surface area contributed by atoms with Crippen molar-refractivity contribution in [3.8, 4) is 11.3 Å². The second-order valence-corrected chi connectivity index (χ2v) is 6.36. The van der Waals surface area contributed by atoms with Crippen molar-refractivity contribution in [2.75, 3.05) is 0 Å². The Hall–Kier alpha value is -2.10. The monoisotopic (exact) mass is 268 g/mol. The highest BCUT2D eigenvalue weighted by molar-refractivity contribution is 5.93. The number of hydrogen-bond donors (Lipinski definition) is 0. The molecule has 0 bridgehead atoms. The largest absolute Gasteiger partial charge is 0.275 e. The van der Waals surface area contributed by atoms with Crippen LogP contribution in [-0.4, -0.2) is 19.6 Å². The van der Waals surface area contributed by atoms with Gasteiger partial charge in [-0.05, 0) is 23.1 Å². The first kappa shape index (κ1) is 12.9. The van der Waals surface area contributed by atoms with E-state index in [1.54, 1.807) is 0 Å². The van der Waals surface area contributed by atoms with E-state index in [0.717, 1.165) is 16.8 Å². The summed E-state index contributed by atoms with van der Waals surface area (Å²) < 4.78 is 3.74. The van der Waals surface area contributed by atoms with Gasteiger partial charge in [0.2, 0.25) is 0 Å². The predicted octanol–water partition coefficient (Wildman–Crippen LogP) is 3.27. The Morgan fingerprint density at radius 2 is 1.85 bits per heavy atom. The minimum atomic E-state index is 0.135. The molecular formula is C16H20N4. The van der Waals surface area contributed by atoms with Crippen LogP contribution in [0.5, 0.6) is 0 Å². The van der Waals surface area contributed by atoms with Gasteiger partial charge in [0.15, 0.2) is 0 Å². The average molecular weight is 268 g/mol. The Kier molecular flexibility index (Phi) is 2.71. The second kappa shape index (κ2) is 4.20. The van der Waals surface area contributed by atoms with Gasteiger partial charge in [-0.3, -0.25) is 9.36 Å². The molecule has 0 aliphatic heterocycles. The van der Waals surface area contributed by atoms with Crippen LogP contribution in [-0.2, 0) is 19.5 Å². The summed E-state index contributed by atoms with van der Waals surface area (Å²) in [6.45, 7) is 6.69. The molecule has 0 unspecified atom stereocenters. The van der Waals surface area contributed by atoms with Crippen LogP contribution in [0.25, 0.3) is 22.2 Å². The van der Waals surface area contributed by atoms with E-state index in [1.807, 2.05) is 35.9 Å². The Morgan fingerprint density at radius 3 is 2.45 bits per heavy atom. The normalized spacial score (nSPS) is 12.2. The number of fused-ring (bicyclic) bond motifs is 1. The standard InChI is InChI=1S/C16H20N4/c1-16(2,3)12-6-7-14-13(8-12)15(18-20(14)5)11-9-17-19(4)10-11/h6-10H,1-5H3. The van der Waals surface area contributed by atoms with Crippen LogP contribution in [0.2, 0.25) is 0 Å². The number of benzene rings is 1. The maximum atomic E-state index is 4.66. The van der Waals surface area contributed by atoms with Crippen molar-refractivity contribution < 1.29 is 0 Å². The topological polar surface area (TPSA) is 35.6 Å². The van der Waals surface area contributed by atoms with Gasteiger partial charge in [-0.1, -0.05) is 26.8 Å². The molecule has 0 saturated carbocycles. The zero-order chi connectivity index (χ0) is 14.5. The lowest BCUT2D eigenvalue weighted by molar-refractivity contribution is 0.591. The van der Waals surface area contributed by atoms with Crippen molar-refractivity contribution in [2.45, 2.75) is 26.2 Å².